The zero-order valence-corrected chi connectivity index (χ0v) is 26.5. The number of aliphatic carboxylic acids is 1. The van der Waals surface area contributed by atoms with E-state index >= 15 is 0 Å². The number of benzene rings is 1. The number of aryl methyl sites for hydroxylation is 1. The van der Waals surface area contributed by atoms with Gasteiger partial charge in [-0.15, -0.1) is 0 Å². The molecule has 1 aromatic carbocycles. The van der Waals surface area contributed by atoms with Crippen LogP contribution in [0.2, 0.25) is 0 Å². The number of carbonyl (C=O) groups is 4. The van der Waals surface area contributed by atoms with E-state index in [1.807, 2.05) is 70.0 Å². The van der Waals surface area contributed by atoms with Crippen molar-refractivity contribution in [3.05, 3.63) is 35.5 Å². The van der Waals surface area contributed by atoms with Gasteiger partial charge >= 0.3 is 12.0 Å². The first-order valence-electron chi connectivity index (χ1n) is 14.9. The SMILES string of the molecule is CSCCC(NC(=O)[C@@H](Cc1c(C)[nH]c2ccccc12)NC(=O)C(CC(C)C)NC(=O)N1[C@H](C)CCC[C@@H]1C)C(=O)O. The van der Waals surface area contributed by atoms with Crippen molar-refractivity contribution < 1.29 is 24.3 Å². The number of aromatic amines is 1. The molecule has 0 bridgehead atoms. The van der Waals surface area contributed by atoms with E-state index in [4.69, 9.17) is 0 Å². The molecule has 10 nitrogen and oxygen atoms in total. The van der Waals surface area contributed by atoms with Gasteiger partial charge in [0.2, 0.25) is 11.8 Å². The number of amides is 4. The van der Waals surface area contributed by atoms with Gasteiger partial charge in [-0.25, -0.2) is 9.59 Å². The number of aromatic nitrogens is 1. The normalized spacial score (nSPS) is 19.3. The van der Waals surface area contributed by atoms with Crippen LogP contribution >= 0.6 is 11.8 Å². The average Bonchev–Trinajstić information content (AvgIpc) is 3.24. The van der Waals surface area contributed by atoms with Crippen LogP contribution in [0.25, 0.3) is 10.9 Å². The number of thioether (sulfide) groups is 1. The molecule has 0 spiro atoms. The molecule has 2 unspecified atom stereocenters. The topological polar surface area (TPSA) is 144 Å². The molecule has 2 aromatic rings. The fraction of sp³-hybridized carbons (Fsp3) is 0.613. The Labute approximate surface area is 253 Å². The summed E-state index contributed by atoms with van der Waals surface area (Å²) in [6.07, 6.45) is 5.55. The van der Waals surface area contributed by atoms with Gasteiger partial charge < -0.3 is 30.9 Å². The third-order valence-electron chi connectivity index (χ3n) is 8.04. The quantitative estimate of drug-likeness (QED) is 0.233. The lowest BCUT2D eigenvalue weighted by Gasteiger charge is -2.39. The maximum absolute atomic E-state index is 13.8. The van der Waals surface area contributed by atoms with Crippen molar-refractivity contribution in [1.29, 1.82) is 0 Å². The van der Waals surface area contributed by atoms with E-state index in [-0.39, 0.29) is 36.9 Å². The molecule has 1 fully saturated rings. The molecule has 11 heteroatoms. The summed E-state index contributed by atoms with van der Waals surface area (Å²) in [5.41, 5.74) is 2.64. The van der Waals surface area contributed by atoms with Gasteiger partial charge in [-0.2, -0.15) is 11.8 Å². The number of carboxylic acids is 1. The average molecular weight is 602 g/mol. The summed E-state index contributed by atoms with van der Waals surface area (Å²) in [5, 5.41) is 19.2. The maximum atomic E-state index is 13.8. The molecule has 1 aliphatic rings. The Kier molecular flexibility index (Phi) is 12.1. The lowest BCUT2D eigenvalue weighted by atomic mass is 9.97. The van der Waals surface area contributed by atoms with Crippen molar-refractivity contribution >= 4 is 46.5 Å². The van der Waals surface area contributed by atoms with Crippen molar-refractivity contribution in [2.45, 2.75) is 103 Å². The van der Waals surface area contributed by atoms with Gasteiger partial charge in [0, 0.05) is 35.1 Å². The molecule has 42 heavy (non-hydrogen) atoms. The molecule has 5 N–H and O–H groups in total. The van der Waals surface area contributed by atoms with Crippen molar-refractivity contribution in [3.8, 4) is 0 Å². The molecule has 4 amide bonds. The van der Waals surface area contributed by atoms with Crippen LogP contribution in [-0.2, 0) is 20.8 Å². The van der Waals surface area contributed by atoms with Crippen LogP contribution in [0.15, 0.2) is 24.3 Å². The Morgan fingerprint density at radius 1 is 1.00 bits per heavy atom. The predicted molar refractivity (Wildman–Crippen MR) is 168 cm³/mol. The van der Waals surface area contributed by atoms with Gasteiger partial charge in [0.25, 0.3) is 0 Å². The Bertz CT molecular complexity index is 1240. The largest absolute Gasteiger partial charge is 0.480 e. The highest BCUT2D eigenvalue weighted by Gasteiger charge is 2.34. The highest BCUT2D eigenvalue weighted by Crippen LogP contribution is 2.24. The van der Waals surface area contributed by atoms with Crippen molar-refractivity contribution in [2.24, 2.45) is 5.92 Å². The van der Waals surface area contributed by atoms with Gasteiger partial charge in [-0.05, 0) is 82.4 Å². The van der Waals surface area contributed by atoms with E-state index < -0.39 is 35.9 Å². The van der Waals surface area contributed by atoms with Crippen molar-refractivity contribution in [2.75, 3.05) is 12.0 Å². The predicted octanol–water partition coefficient (Wildman–Crippen LogP) is 4.21. The molecule has 5 atom stereocenters. The van der Waals surface area contributed by atoms with E-state index in [1.54, 1.807) is 0 Å². The number of fused-ring (bicyclic) bond motifs is 1. The number of carboxylic acid groups (broad SMARTS) is 1. The summed E-state index contributed by atoms with van der Waals surface area (Å²) >= 11 is 1.50. The zero-order valence-electron chi connectivity index (χ0n) is 25.7. The second kappa shape index (κ2) is 15.3. The lowest BCUT2D eigenvalue weighted by molar-refractivity contribution is -0.142. The Hall–Kier alpha value is -3.21. The summed E-state index contributed by atoms with van der Waals surface area (Å²) < 4.78 is 0. The number of rotatable bonds is 13. The Morgan fingerprint density at radius 2 is 1.62 bits per heavy atom. The molecule has 0 saturated carbocycles. The van der Waals surface area contributed by atoms with E-state index in [9.17, 15) is 24.3 Å². The number of H-pyrrole nitrogens is 1. The fourth-order valence-electron chi connectivity index (χ4n) is 5.80. The smallest absolute Gasteiger partial charge is 0.326 e. The van der Waals surface area contributed by atoms with Crippen LogP contribution in [0.3, 0.4) is 0 Å². The fourth-order valence-corrected chi connectivity index (χ4v) is 6.27. The number of nitrogens with one attached hydrogen (secondary N) is 4. The summed E-state index contributed by atoms with van der Waals surface area (Å²) in [6.45, 7) is 9.90. The highest BCUT2D eigenvalue weighted by molar-refractivity contribution is 7.98. The monoisotopic (exact) mass is 601 g/mol. The van der Waals surface area contributed by atoms with Gasteiger partial charge in [0.05, 0.1) is 0 Å². The zero-order chi connectivity index (χ0) is 31.0. The minimum absolute atomic E-state index is 0.0640. The molecule has 3 rings (SSSR count). The van der Waals surface area contributed by atoms with E-state index in [0.29, 0.717) is 12.2 Å². The third kappa shape index (κ3) is 8.65. The molecular formula is C31H47N5O5S. The first-order chi connectivity index (χ1) is 19.9. The van der Waals surface area contributed by atoms with Crippen LogP contribution in [0.5, 0.6) is 0 Å². The van der Waals surface area contributed by atoms with Gasteiger partial charge in [-0.3, -0.25) is 9.59 Å². The van der Waals surface area contributed by atoms with Crippen LogP contribution in [0.1, 0.15) is 71.1 Å². The minimum Gasteiger partial charge on any atom is -0.480 e. The number of piperidine rings is 1. The Balaban J connectivity index is 1.88. The van der Waals surface area contributed by atoms with Gasteiger partial charge in [0.1, 0.15) is 18.1 Å². The van der Waals surface area contributed by atoms with Crippen molar-refractivity contribution in [3.63, 3.8) is 0 Å². The summed E-state index contributed by atoms with van der Waals surface area (Å²) in [4.78, 5) is 57.9. The van der Waals surface area contributed by atoms with E-state index in [0.717, 1.165) is 41.4 Å². The molecule has 2 heterocycles. The second-order valence-electron chi connectivity index (χ2n) is 11.9. The molecule has 0 aliphatic carbocycles. The highest BCUT2D eigenvalue weighted by atomic mass is 32.2. The van der Waals surface area contributed by atoms with Gasteiger partial charge in [0.15, 0.2) is 0 Å². The van der Waals surface area contributed by atoms with Crippen LogP contribution in [0, 0.1) is 12.8 Å². The molecule has 1 aliphatic heterocycles. The number of likely N-dealkylation sites (tertiary alicyclic amines) is 1. The molecule has 1 saturated heterocycles. The van der Waals surface area contributed by atoms with Crippen LogP contribution in [0.4, 0.5) is 4.79 Å². The molecule has 0 radical (unpaired) electrons. The summed E-state index contributed by atoms with van der Waals surface area (Å²) in [7, 11) is 0. The lowest BCUT2D eigenvalue weighted by Crippen LogP contribution is -2.59. The van der Waals surface area contributed by atoms with Crippen LogP contribution in [-0.4, -0.2) is 81.0 Å². The number of nitrogens with zero attached hydrogens (tertiary/aromatic N) is 1. The van der Waals surface area contributed by atoms with E-state index in [2.05, 4.69) is 20.9 Å². The standard InChI is InChI=1S/C31H47N5O5S/c1-18(2)16-26(35-31(41)36-19(3)10-9-11-20(36)4)28(37)34-27(29(38)33-25(30(39)40)14-15-42-6)17-23-21(5)32-24-13-8-7-12-22(23)24/h7-8,12-13,18-20,25-27,32H,9-11,14-17H2,1-6H3,(H,33,38)(H,34,37)(H,35,41)(H,39,40)/t19-,20+,25?,26?,27-/m1/s1. The second-order valence-corrected chi connectivity index (χ2v) is 12.9. The Morgan fingerprint density at radius 3 is 2.24 bits per heavy atom. The minimum atomic E-state index is -1.12. The number of para-hydroxylation sites is 1. The first-order valence-corrected chi connectivity index (χ1v) is 16.3. The summed E-state index contributed by atoms with van der Waals surface area (Å²) in [5.74, 6) is -1.51. The molecular weight excluding hydrogens is 554 g/mol. The molecule has 1 aromatic heterocycles. The summed E-state index contributed by atoms with van der Waals surface area (Å²) in [6, 6.07) is 4.57. The number of urea groups is 1. The first kappa shape index (κ1) is 33.3. The molecule has 232 valence electrons. The number of carbonyl (C=O) groups excluding carboxylic acids is 3. The third-order valence-corrected chi connectivity index (χ3v) is 8.69. The number of hydrogen-bond donors (Lipinski definition) is 5. The van der Waals surface area contributed by atoms with Crippen molar-refractivity contribution in [1.82, 2.24) is 25.8 Å². The van der Waals surface area contributed by atoms with E-state index in [1.165, 1.54) is 11.8 Å². The van der Waals surface area contributed by atoms with Crippen LogP contribution < -0.4 is 16.0 Å². The number of hydrogen-bond acceptors (Lipinski definition) is 5. The maximum Gasteiger partial charge on any atom is 0.326 e. The van der Waals surface area contributed by atoms with Gasteiger partial charge in [-0.1, -0.05) is 32.0 Å².